The Hall–Kier alpha value is -6.03. The second kappa shape index (κ2) is 19.6. The average Bonchev–Trinajstić information content (AvgIpc) is 4.09. The zero-order chi connectivity index (χ0) is 41.1. The lowest BCUT2D eigenvalue weighted by Gasteiger charge is -2.17. The highest BCUT2D eigenvalue weighted by atomic mass is 16.5. The lowest BCUT2D eigenvalue weighted by atomic mass is 10.0. The van der Waals surface area contributed by atoms with E-state index in [1.165, 1.54) is 5.56 Å². The number of ether oxygens (including phenoxy) is 4. The molecule has 3 aromatic carbocycles. The Morgan fingerprint density at radius 2 is 1.34 bits per heavy atom. The van der Waals surface area contributed by atoms with Gasteiger partial charge in [0.2, 0.25) is 11.6 Å². The van der Waals surface area contributed by atoms with Crippen molar-refractivity contribution in [2.24, 2.45) is 0 Å². The van der Waals surface area contributed by atoms with E-state index < -0.39 is 0 Å². The van der Waals surface area contributed by atoms with Crippen LogP contribution in [0.25, 0.3) is 45.7 Å². The van der Waals surface area contributed by atoms with Crippen molar-refractivity contribution in [3.8, 4) is 68.7 Å². The highest BCUT2D eigenvalue weighted by molar-refractivity contribution is 5.74. The number of fused-ring (bicyclic) bond motifs is 1. The third-order valence-electron chi connectivity index (χ3n) is 9.88. The molecular formula is C44H51N7O8. The highest BCUT2D eigenvalue weighted by Gasteiger charge is 2.25. The standard InChI is InChI=1S/C22H26N4O4.C22H25N3O4/c1-3-28-19-6-5-16(12-20(19)29-4-2)22-24-21(25-30-22)15-7-9-23-17(11-15)13-26-10-8-18(27)14-26;1-3-27-19-9-8-15(14-20(19)28-4-2)22-23-21(24-29-22)17-6-5-7-18-16(17)10-11-25(18)12-13-26/h5-7,9,11-12,18,27H,3-4,8,10,13-14H2,1-2H3;5-9,14,26H,3-4,10-13H2,1-2H3/t18-;/m1./s1. The Morgan fingerprint density at radius 1 is 0.712 bits per heavy atom. The summed E-state index contributed by atoms with van der Waals surface area (Å²) < 4.78 is 33.7. The molecule has 15 heteroatoms. The molecule has 0 radical (unpaired) electrons. The minimum atomic E-state index is -0.247. The predicted octanol–water partition coefficient (Wildman–Crippen LogP) is 6.72. The van der Waals surface area contributed by atoms with Crippen molar-refractivity contribution < 1.29 is 38.2 Å². The lowest BCUT2D eigenvalue weighted by Crippen LogP contribution is -2.23. The first-order chi connectivity index (χ1) is 28.9. The van der Waals surface area contributed by atoms with E-state index in [9.17, 15) is 10.2 Å². The van der Waals surface area contributed by atoms with E-state index in [2.05, 4.69) is 41.1 Å². The number of rotatable bonds is 16. The van der Waals surface area contributed by atoms with Gasteiger partial charge in [-0.3, -0.25) is 9.88 Å². The van der Waals surface area contributed by atoms with Gasteiger partial charge in [0.25, 0.3) is 11.8 Å². The summed E-state index contributed by atoms with van der Waals surface area (Å²) in [4.78, 5) is 18.0. The van der Waals surface area contributed by atoms with Crippen LogP contribution in [0, 0.1) is 0 Å². The summed E-state index contributed by atoms with van der Waals surface area (Å²) in [7, 11) is 0. The molecule has 0 spiro atoms. The summed E-state index contributed by atoms with van der Waals surface area (Å²) in [5.74, 6) is 4.61. The van der Waals surface area contributed by atoms with Gasteiger partial charge >= 0.3 is 0 Å². The molecule has 6 aromatic rings. The molecule has 15 nitrogen and oxygen atoms in total. The normalized spacial score (nSPS) is 14.8. The molecular weight excluding hydrogens is 755 g/mol. The number of aliphatic hydroxyl groups is 2. The van der Waals surface area contributed by atoms with Gasteiger partial charge in [0.1, 0.15) is 0 Å². The number of nitrogens with zero attached hydrogens (tertiary/aromatic N) is 7. The molecule has 0 amide bonds. The van der Waals surface area contributed by atoms with Gasteiger partial charge in [0, 0.05) is 66.9 Å². The summed E-state index contributed by atoms with van der Waals surface area (Å²) in [6.07, 6.45) is 3.20. The van der Waals surface area contributed by atoms with Gasteiger partial charge in [0.15, 0.2) is 23.0 Å². The number of likely N-dealkylation sites (tertiary alicyclic amines) is 1. The van der Waals surface area contributed by atoms with Crippen LogP contribution in [-0.4, -0.2) is 106 Å². The number of β-amino-alcohol motifs (C(OH)–C–C–N with tert-alkyl or cyclic N) is 2. The van der Waals surface area contributed by atoms with Gasteiger partial charge in [-0.1, -0.05) is 22.4 Å². The number of hydrogen-bond donors (Lipinski definition) is 2. The first-order valence-electron chi connectivity index (χ1n) is 20.2. The molecule has 2 N–H and O–H groups in total. The number of anilines is 1. The van der Waals surface area contributed by atoms with Crippen LogP contribution in [0.5, 0.6) is 23.0 Å². The molecule has 59 heavy (non-hydrogen) atoms. The maximum atomic E-state index is 9.71. The summed E-state index contributed by atoms with van der Waals surface area (Å²) in [5.41, 5.74) is 6.58. The van der Waals surface area contributed by atoms with Crippen LogP contribution in [0.2, 0.25) is 0 Å². The third-order valence-corrected chi connectivity index (χ3v) is 9.88. The molecule has 0 bridgehead atoms. The Bertz CT molecular complexity index is 2300. The van der Waals surface area contributed by atoms with Crippen molar-refractivity contribution in [1.82, 2.24) is 30.2 Å². The third kappa shape index (κ3) is 9.82. The first-order valence-corrected chi connectivity index (χ1v) is 20.2. The Kier molecular flexibility index (Phi) is 13.7. The number of aromatic nitrogens is 5. The molecule has 2 aliphatic rings. The molecule has 0 unspecified atom stereocenters. The smallest absolute Gasteiger partial charge is 0.258 e. The van der Waals surface area contributed by atoms with Crippen LogP contribution in [-0.2, 0) is 13.0 Å². The molecule has 1 saturated heterocycles. The van der Waals surface area contributed by atoms with Crippen LogP contribution >= 0.6 is 0 Å². The fraction of sp³-hybridized carbons (Fsp3) is 0.386. The van der Waals surface area contributed by atoms with E-state index in [-0.39, 0.29) is 12.7 Å². The Labute approximate surface area is 343 Å². The molecule has 2 aliphatic heterocycles. The number of benzene rings is 3. The maximum Gasteiger partial charge on any atom is 0.258 e. The van der Waals surface area contributed by atoms with Gasteiger partial charge in [-0.05, 0) is 101 Å². The molecule has 310 valence electrons. The molecule has 5 heterocycles. The van der Waals surface area contributed by atoms with Gasteiger partial charge in [-0.25, -0.2) is 0 Å². The zero-order valence-corrected chi connectivity index (χ0v) is 34.0. The largest absolute Gasteiger partial charge is 0.490 e. The average molecular weight is 806 g/mol. The minimum Gasteiger partial charge on any atom is -0.490 e. The van der Waals surface area contributed by atoms with Crippen molar-refractivity contribution in [2.75, 3.05) is 64.1 Å². The second-order valence-electron chi connectivity index (χ2n) is 13.9. The quantitative estimate of drug-likeness (QED) is 0.105. The SMILES string of the molecule is CCOc1ccc(-c2nc(-c3cccc4c3CCN4CCO)no2)cc1OCC.CCOc1ccc(-c2nc(-c3ccnc(CN4CC[C@@H](O)C4)c3)no2)cc1OCC. The van der Waals surface area contributed by atoms with Gasteiger partial charge in [-0.15, -0.1) is 0 Å². The van der Waals surface area contributed by atoms with Crippen LogP contribution in [0.4, 0.5) is 5.69 Å². The van der Waals surface area contributed by atoms with E-state index in [0.29, 0.717) is 92.5 Å². The monoisotopic (exact) mass is 805 g/mol. The van der Waals surface area contributed by atoms with E-state index in [1.54, 1.807) is 6.20 Å². The topological polar surface area (TPSA) is 175 Å². The van der Waals surface area contributed by atoms with Crippen LogP contribution in [0.1, 0.15) is 45.4 Å². The molecule has 1 atom stereocenters. The molecule has 0 saturated carbocycles. The van der Waals surface area contributed by atoms with Crippen molar-refractivity contribution in [2.45, 2.75) is 53.2 Å². The van der Waals surface area contributed by atoms with Crippen molar-refractivity contribution in [3.05, 3.63) is 84.2 Å². The first kappa shape index (κ1) is 41.1. The molecule has 1 fully saturated rings. The lowest BCUT2D eigenvalue weighted by molar-refractivity contribution is 0.174. The van der Waals surface area contributed by atoms with E-state index in [0.717, 1.165) is 59.6 Å². The molecule has 8 rings (SSSR count). The second-order valence-corrected chi connectivity index (χ2v) is 13.9. The van der Waals surface area contributed by atoms with Gasteiger partial charge < -0.3 is 43.1 Å². The summed E-state index contributed by atoms with van der Waals surface area (Å²) in [6, 6.07) is 21.1. The van der Waals surface area contributed by atoms with Gasteiger partial charge in [0.05, 0.1) is 44.8 Å². The summed E-state index contributed by atoms with van der Waals surface area (Å²) in [6.45, 7) is 13.8. The van der Waals surface area contributed by atoms with Crippen molar-refractivity contribution >= 4 is 5.69 Å². The summed E-state index contributed by atoms with van der Waals surface area (Å²) in [5, 5.41) is 27.4. The highest BCUT2D eigenvalue weighted by Crippen LogP contribution is 2.37. The number of aliphatic hydroxyl groups excluding tert-OH is 2. The van der Waals surface area contributed by atoms with E-state index in [4.69, 9.17) is 28.0 Å². The fourth-order valence-electron chi connectivity index (χ4n) is 7.23. The summed E-state index contributed by atoms with van der Waals surface area (Å²) >= 11 is 0. The minimum absolute atomic E-state index is 0.135. The zero-order valence-electron chi connectivity index (χ0n) is 34.0. The van der Waals surface area contributed by atoms with Crippen LogP contribution in [0.3, 0.4) is 0 Å². The fourth-order valence-corrected chi connectivity index (χ4v) is 7.23. The van der Waals surface area contributed by atoms with Crippen molar-refractivity contribution in [1.29, 1.82) is 0 Å². The Morgan fingerprint density at radius 3 is 1.95 bits per heavy atom. The molecule has 0 aliphatic carbocycles. The predicted molar refractivity (Wildman–Crippen MR) is 222 cm³/mol. The van der Waals surface area contributed by atoms with Crippen LogP contribution < -0.4 is 23.8 Å². The molecule has 3 aromatic heterocycles. The van der Waals surface area contributed by atoms with E-state index >= 15 is 0 Å². The van der Waals surface area contributed by atoms with Crippen LogP contribution in [0.15, 0.2) is 82.0 Å². The van der Waals surface area contributed by atoms with E-state index in [1.807, 2.05) is 88.4 Å². The maximum absolute atomic E-state index is 9.71. The Balaban J connectivity index is 0.000000179. The van der Waals surface area contributed by atoms with Gasteiger partial charge in [-0.2, -0.15) is 9.97 Å². The number of pyridine rings is 1. The number of hydrogen-bond acceptors (Lipinski definition) is 15. The van der Waals surface area contributed by atoms with Crippen molar-refractivity contribution in [3.63, 3.8) is 0 Å².